The number of carboxylic acids is 1. The topological polar surface area (TPSA) is 120 Å². The van der Waals surface area contributed by atoms with Crippen LogP contribution in [0.1, 0.15) is 25.7 Å². The highest BCUT2D eigenvalue weighted by molar-refractivity contribution is 5.98. The molecule has 2 amide bonds. The SMILES string of the molecule is C=CCN(CCN1CCOCC1)C(=O)[C@@H]1N(CCCCO)C(=O)[C@H]2[C@H](C(=O)O)[C@@H]3CC[C@]12O3. The fraction of sp³-hybridized carbons (Fsp3) is 0.783. The number of aliphatic carboxylic acids is 1. The van der Waals surface area contributed by atoms with Gasteiger partial charge in [-0.3, -0.25) is 19.3 Å². The molecule has 1 spiro atoms. The summed E-state index contributed by atoms with van der Waals surface area (Å²) in [4.78, 5) is 45.0. The van der Waals surface area contributed by atoms with Gasteiger partial charge >= 0.3 is 5.97 Å². The quantitative estimate of drug-likeness (QED) is 0.312. The van der Waals surface area contributed by atoms with Gasteiger partial charge in [0.25, 0.3) is 0 Å². The van der Waals surface area contributed by atoms with Crippen molar-refractivity contribution in [2.75, 3.05) is 59.1 Å². The molecule has 0 radical (unpaired) electrons. The van der Waals surface area contributed by atoms with Crippen molar-refractivity contribution in [3.05, 3.63) is 12.7 Å². The molecule has 4 fully saturated rings. The van der Waals surface area contributed by atoms with Gasteiger partial charge in [0.05, 0.1) is 31.2 Å². The van der Waals surface area contributed by atoms with Crippen LogP contribution in [-0.4, -0.2) is 120 Å². The van der Waals surface area contributed by atoms with E-state index in [2.05, 4.69) is 11.5 Å². The fourth-order valence-electron chi connectivity index (χ4n) is 6.06. The van der Waals surface area contributed by atoms with Crippen LogP contribution < -0.4 is 0 Å². The minimum atomic E-state index is -1.10. The first-order chi connectivity index (χ1) is 15.9. The summed E-state index contributed by atoms with van der Waals surface area (Å²) in [5.41, 5.74) is -1.10. The number of hydrogen-bond donors (Lipinski definition) is 2. The molecular weight excluding hydrogens is 430 g/mol. The average molecular weight is 466 g/mol. The lowest BCUT2D eigenvalue weighted by Gasteiger charge is -2.37. The van der Waals surface area contributed by atoms with Crippen molar-refractivity contribution in [2.45, 2.75) is 43.4 Å². The highest BCUT2D eigenvalue weighted by Crippen LogP contribution is 2.58. The number of carboxylic acid groups (broad SMARTS) is 1. The Labute approximate surface area is 194 Å². The molecule has 4 heterocycles. The lowest BCUT2D eigenvalue weighted by atomic mass is 9.70. The van der Waals surface area contributed by atoms with Crippen LogP contribution >= 0.6 is 0 Å². The zero-order valence-electron chi connectivity index (χ0n) is 19.1. The molecule has 4 rings (SSSR count). The first-order valence-corrected chi connectivity index (χ1v) is 12.0. The van der Waals surface area contributed by atoms with Gasteiger partial charge < -0.3 is 29.5 Å². The number of likely N-dealkylation sites (tertiary alicyclic amines) is 1. The summed E-state index contributed by atoms with van der Waals surface area (Å²) in [6.45, 7) is 8.54. The van der Waals surface area contributed by atoms with E-state index >= 15 is 0 Å². The van der Waals surface area contributed by atoms with Crippen molar-refractivity contribution in [3.63, 3.8) is 0 Å². The number of aliphatic hydroxyl groups excluding tert-OH is 1. The second-order valence-corrected chi connectivity index (χ2v) is 9.38. The minimum Gasteiger partial charge on any atom is -0.481 e. The molecule has 4 saturated heterocycles. The molecule has 0 aromatic carbocycles. The third kappa shape index (κ3) is 4.29. The zero-order valence-corrected chi connectivity index (χ0v) is 19.1. The molecule has 0 aromatic rings. The Kier molecular flexibility index (Phi) is 7.37. The number of carbonyl (C=O) groups excluding carboxylic acids is 2. The molecule has 5 atom stereocenters. The van der Waals surface area contributed by atoms with E-state index in [1.54, 1.807) is 11.0 Å². The Morgan fingerprint density at radius 1 is 1.24 bits per heavy atom. The Balaban J connectivity index is 1.59. The number of unbranched alkanes of at least 4 members (excludes halogenated alkanes) is 1. The van der Waals surface area contributed by atoms with Crippen LogP contribution in [0.5, 0.6) is 0 Å². The van der Waals surface area contributed by atoms with Crippen LogP contribution in [0.3, 0.4) is 0 Å². The summed E-state index contributed by atoms with van der Waals surface area (Å²) in [6.07, 6.45) is 3.20. The van der Waals surface area contributed by atoms with Crippen molar-refractivity contribution < 1.29 is 34.1 Å². The zero-order chi connectivity index (χ0) is 23.6. The maximum absolute atomic E-state index is 14.0. The van der Waals surface area contributed by atoms with Gasteiger partial charge in [-0.25, -0.2) is 0 Å². The maximum Gasteiger partial charge on any atom is 0.310 e. The summed E-state index contributed by atoms with van der Waals surface area (Å²) in [5, 5.41) is 19.0. The van der Waals surface area contributed by atoms with Crippen molar-refractivity contribution in [2.24, 2.45) is 11.8 Å². The molecule has 0 aliphatic carbocycles. The van der Waals surface area contributed by atoms with Crippen LogP contribution in [0.25, 0.3) is 0 Å². The van der Waals surface area contributed by atoms with Crippen molar-refractivity contribution in [1.29, 1.82) is 0 Å². The molecule has 0 saturated carbocycles. The first kappa shape index (κ1) is 24.1. The van der Waals surface area contributed by atoms with Gasteiger partial charge in [0.2, 0.25) is 11.8 Å². The van der Waals surface area contributed by atoms with Crippen LogP contribution in [0, 0.1) is 11.8 Å². The van der Waals surface area contributed by atoms with Gasteiger partial charge in [-0.2, -0.15) is 0 Å². The fourth-order valence-corrected chi connectivity index (χ4v) is 6.06. The number of fused-ring (bicyclic) bond motifs is 1. The van der Waals surface area contributed by atoms with E-state index in [0.717, 1.165) is 13.1 Å². The predicted octanol–water partition coefficient (Wildman–Crippen LogP) is -0.435. The molecule has 4 aliphatic rings. The minimum absolute atomic E-state index is 0.00627. The molecule has 184 valence electrons. The summed E-state index contributed by atoms with van der Waals surface area (Å²) in [7, 11) is 0. The monoisotopic (exact) mass is 465 g/mol. The van der Waals surface area contributed by atoms with E-state index in [-0.39, 0.29) is 18.4 Å². The molecule has 4 aliphatic heterocycles. The van der Waals surface area contributed by atoms with Gasteiger partial charge in [0, 0.05) is 45.9 Å². The van der Waals surface area contributed by atoms with E-state index in [0.29, 0.717) is 65.1 Å². The second kappa shape index (κ2) is 10.1. The molecule has 10 nitrogen and oxygen atoms in total. The van der Waals surface area contributed by atoms with Crippen LogP contribution in [0.15, 0.2) is 12.7 Å². The predicted molar refractivity (Wildman–Crippen MR) is 117 cm³/mol. The number of nitrogens with zero attached hydrogens (tertiary/aromatic N) is 3. The summed E-state index contributed by atoms with van der Waals surface area (Å²) < 4.78 is 11.6. The average Bonchev–Trinajstić information content (AvgIpc) is 3.45. The molecule has 0 unspecified atom stereocenters. The highest BCUT2D eigenvalue weighted by Gasteiger charge is 2.74. The second-order valence-electron chi connectivity index (χ2n) is 9.38. The number of rotatable bonds is 11. The summed E-state index contributed by atoms with van der Waals surface area (Å²) >= 11 is 0. The number of ether oxygens (including phenoxy) is 2. The Morgan fingerprint density at radius 3 is 2.67 bits per heavy atom. The Hall–Kier alpha value is -2.01. The van der Waals surface area contributed by atoms with Gasteiger partial charge in [0.1, 0.15) is 11.6 Å². The van der Waals surface area contributed by atoms with E-state index in [1.807, 2.05) is 0 Å². The Bertz CT molecular complexity index is 771. The standard InChI is InChI=1S/C23H35N3O7/c1-2-7-25(10-9-24-11-14-32-15-12-24)21(29)19-23-6-5-16(33-23)17(22(30)31)18(23)20(28)26(19)8-3-4-13-27/h2,16-19,27H,1,3-15H2,(H,30,31)/t16-,17+,18+,19-,23+/m0/s1. The normalized spacial score (nSPS) is 33.4. The van der Waals surface area contributed by atoms with Crippen LogP contribution in [0.4, 0.5) is 0 Å². The van der Waals surface area contributed by atoms with Gasteiger partial charge in [-0.1, -0.05) is 6.08 Å². The molecule has 10 heteroatoms. The molecular formula is C23H35N3O7. The number of morpholine rings is 1. The van der Waals surface area contributed by atoms with Gasteiger partial charge in [-0.15, -0.1) is 6.58 Å². The van der Waals surface area contributed by atoms with Gasteiger partial charge in [-0.05, 0) is 25.7 Å². The van der Waals surface area contributed by atoms with E-state index in [4.69, 9.17) is 9.47 Å². The largest absolute Gasteiger partial charge is 0.481 e. The first-order valence-electron chi connectivity index (χ1n) is 12.0. The molecule has 2 N–H and O–H groups in total. The number of aliphatic hydroxyl groups is 1. The smallest absolute Gasteiger partial charge is 0.310 e. The van der Waals surface area contributed by atoms with Gasteiger partial charge in [0.15, 0.2) is 0 Å². The van der Waals surface area contributed by atoms with Crippen LogP contribution in [-0.2, 0) is 23.9 Å². The molecule has 33 heavy (non-hydrogen) atoms. The molecule has 0 aromatic heterocycles. The van der Waals surface area contributed by atoms with Crippen molar-refractivity contribution in [3.8, 4) is 0 Å². The lowest BCUT2D eigenvalue weighted by Crippen LogP contribution is -2.57. The van der Waals surface area contributed by atoms with Crippen LogP contribution in [0.2, 0.25) is 0 Å². The van der Waals surface area contributed by atoms with E-state index in [1.165, 1.54) is 4.90 Å². The summed E-state index contributed by atoms with van der Waals surface area (Å²) in [5.74, 6) is -3.34. The van der Waals surface area contributed by atoms with Crippen molar-refractivity contribution in [1.82, 2.24) is 14.7 Å². The Morgan fingerprint density at radius 2 is 2.00 bits per heavy atom. The third-order valence-corrected chi connectivity index (χ3v) is 7.58. The third-order valence-electron chi connectivity index (χ3n) is 7.58. The number of amides is 2. The van der Waals surface area contributed by atoms with Crippen molar-refractivity contribution >= 4 is 17.8 Å². The lowest BCUT2D eigenvalue weighted by molar-refractivity contribution is -0.151. The molecule has 2 bridgehead atoms. The highest BCUT2D eigenvalue weighted by atomic mass is 16.5. The number of hydrogen-bond acceptors (Lipinski definition) is 7. The summed E-state index contributed by atoms with van der Waals surface area (Å²) in [6, 6.07) is -0.854. The maximum atomic E-state index is 14.0. The van der Waals surface area contributed by atoms with E-state index < -0.39 is 35.6 Å². The van der Waals surface area contributed by atoms with E-state index in [9.17, 15) is 24.6 Å². The number of carbonyl (C=O) groups is 3.